The SMILES string of the molecule is c1ccc(Cn2c(NC3CCNCC3)nc3cccnc32)nc1. The highest BCUT2D eigenvalue weighted by molar-refractivity contribution is 5.74. The maximum absolute atomic E-state index is 4.74. The molecule has 0 radical (unpaired) electrons. The van der Waals surface area contributed by atoms with E-state index in [1.54, 1.807) is 0 Å². The normalized spacial score (nSPS) is 15.8. The number of hydrogen-bond acceptors (Lipinski definition) is 5. The molecule has 0 bridgehead atoms. The Balaban J connectivity index is 1.69. The number of piperidine rings is 1. The zero-order valence-corrected chi connectivity index (χ0v) is 12.9. The number of pyridine rings is 2. The Morgan fingerprint density at radius 2 is 1.96 bits per heavy atom. The van der Waals surface area contributed by atoms with Crippen LogP contribution in [0.2, 0.25) is 0 Å². The van der Waals surface area contributed by atoms with Crippen LogP contribution in [0.1, 0.15) is 18.5 Å². The summed E-state index contributed by atoms with van der Waals surface area (Å²) in [7, 11) is 0. The van der Waals surface area contributed by atoms with E-state index in [1.165, 1.54) is 0 Å². The molecule has 0 aliphatic carbocycles. The summed E-state index contributed by atoms with van der Waals surface area (Å²) in [6, 6.07) is 10.4. The first-order valence-corrected chi connectivity index (χ1v) is 8.08. The van der Waals surface area contributed by atoms with Crippen LogP contribution < -0.4 is 10.6 Å². The second-order valence-corrected chi connectivity index (χ2v) is 5.86. The fourth-order valence-electron chi connectivity index (χ4n) is 3.02. The van der Waals surface area contributed by atoms with Gasteiger partial charge in [0.05, 0.1) is 12.2 Å². The third-order valence-electron chi connectivity index (χ3n) is 4.22. The van der Waals surface area contributed by atoms with Gasteiger partial charge in [-0.2, -0.15) is 0 Å². The van der Waals surface area contributed by atoms with Crippen LogP contribution in [0.3, 0.4) is 0 Å². The van der Waals surface area contributed by atoms with Crippen molar-refractivity contribution in [1.29, 1.82) is 0 Å². The lowest BCUT2D eigenvalue weighted by Gasteiger charge is -2.24. The van der Waals surface area contributed by atoms with Crippen LogP contribution >= 0.6 is 0 Å². The van der Waals surface area contributed by atoms with Crippen molar-refractivity contribution in [3.8, 4) is 0 Å². The summed E-state index contributed by atoms with van der Waals surface area (Å²) in [5, 5.41) is 7.00. The summed E-state index contributed by atoms with van der Waals surface area (Å²) in [5.41, 5.74) is 2.82. The molecule has 0 atom stereocenters. The van der Waals surface area contributed by atoms with Crippen molar-refractivity contribution < 1.29 is 0 Å². The van der Waals surface area contributed by atoms with Crippen LogP contribution in [0.5, 0.6) is 0 Å². The van der Waals surface area contributed by atoms with Gasteiger partial charge in [-0.1, -0.05) is 6.07 Å². The van der Waals surface area contributed by atoms with Gasteiger partial charge < -0.3 is 10.6 Å². The Morgan fingerprint density at radius 3 is 2.78 bits per heavy atom. The van der Waals surface area contributed by atoms with Crippen LogP contribution in [0.15, 0.2) is 42.7 Å². The molecule has 3 aromatic heterocycles. The molecule has 6 nitrogen and oxygen atoms in total. The summed E-state index contributed by atoms with van der Waals surface area (Å²) in [4.78, 5) is 13.7. The number of rotatable bonds is 4. The lowest BCUT2D eigenvalue weighted by molar-refractivity contribution is 0.475. The summed E-state index contributed by atoms with van der Waals surface area (Å²) < 4.78 is 2.12. The number of aromatic nitrogens is 4. The predicted molar refractivity (Wildman–Crippen MR) is 90.4 cm³/mol. The Kier molecular flexibility index (Phi) is 3.90. The first-order valence-electron chi connectivity index (χ1n) is 8.08. The molecule has 118 valence electrons. The van der Waals surface area contributed by atoms with Crippen molar-refractivity contribution in [1.82, 2.24) is 24.8 Å². The molecule has 0 saturated carbocycles. The van der Waals surface area contributed by atoms with Gasteiger partial charge in [-0.15, -0.1) is 0 Å². The van der Waals surface area contributed by atoms with E-state index in [0.717, 1.165) is 48.7 Å². The van der Waals surface area contributed by atoms with Gasteiger partial charge in [0, 0.05) is 18.4 Å². The molecule has 1 aliphatic rings. The van der Waals surface area contributed by atoms with E-state index in [9.17, 15) is 0 Å². The molecule has 6 heteroatoms. The number of anilines is 1. The average Bonchev–Trinajstić information content (AvgIpc) is 2.94. The van der Waals surface area contributed by atoms with E-state index in [1.807, 2.05) is 42.7 Å². The van der Waals surface area contributed by atoms with Crippen LogP contribution in [0.25, 0.3) is 11.2 Å². The third kappa shape index (κ3) is 3.03. The Hall–Kier alpha value is -2.47. The second kappa shape index (κ2) is 6.34. The van der Waals surface area contributed by atoms with Crippen molar-refractivity contribution >= 4 is 17.1 Å². The third-order valence-corrected chi connectivity index (χ3v) is 4.22. The fraction of sp³-hybridized carbons (Fsp3) is 0.353. The van der Waals surface area contributed by atoms with Gasteiger partial charge in [-0.3, -0.25) is 9.55 Å². The van der Waals surface area contributed by atoms with Gasteiger partial charge in [0.15, 0.2) is 5.65 Å². The number of fused-ring (bicyclic) bond motifs is 1. The van der Waals surface area contributed by atoms with E-state index in [0.29, 0.717) is 12.6 Å². The minimum atomic E-state index is 0.454. The Bertz CT molecular complexity index is 776. The van der Waals surface area contributed by atoms with E-state index >= 15 is 0 Å². The molecule has 23 heavy (non-hydrogen) atoms. The second-order valence-electron chi connectivity index (χ2n) is 5.86. The Labute approximate surface area is 135 Å². The number of nitrogens with zero attached hydrogens (tertiary/aromatic N) is 4. The van der Waals surface area contributed by atoms with Crippen LogP contribution in [-0.2, 0) is 6.54 Å². The zero-order chi connectivity index (χ0) is 15.5. The van der Waals surface area contributed by atoms with E-state index in [2.05, 4.69) is 25.2 Å². The molecule has 3 aromatic rings. The van der Waals surface area contributed by atoms with E-state index < -0.39 is 0 Å². The minimum absolute atomic E-state index is 0.454. The lowest BCUT2D eigenvalue weighted by Crippen LogP contribution is -2.36. The molecular weight excluding hydrogens is 288 g/mol. The highest BCUT2D eigenvalue weighted by atomic mass is 15.2. The predicted octanol–water partition coefficient (Wildman–Crippen LogP) is 2.04. The van der Waals surface area contributed by atoms with Gasteiger partial charge in [0.2, 0.25) is 5.95 Å². The van der Waals surface area contributed by atoms with Crippen molar-refractivity contribution in [2.75, 3.05) is 18.4 Å². The zero-order valence-electron chi connectivity index (χ0n) is 12.9. The molecule has 0 spiro atoms. The summed E-state index contributed by atoms with van der Waals surface area (Å²) in [5.74, 6) is 0.885. The number of imidazole rings is 1. The van der Waals surface area contributed by atoms with Gasteiger partial charge in [0.25, 0.3) is 0 Å². The van der Waals surface area contributed by atoms with Crippen LogP contribution in [-0.4, -0.2) is 38.7 Å². The largest absolute Gasteiger partial charge is 0.353 e. The number of nitrogens with one attached hydrogen (secondary N) is 2. The van der Waals surface area contributed by atoms with Crippen molar-refractivity contribution in [2.24, 2.45) is 0 Å². The molecule has 2 N–H and O–H groups in total. The minimum Gasteiger partial charge on any atom is -0.353 e. The quantitative estimate of drug-likeness (QED) is 0.772. The first-order chi connectivity index (χ1) is 11.4. The molecule has 4 rings (SSSR count). The Morgan fingerprint density at radius 1 is 1.09 bits per heavy atom. The molecule has 1 fully saturated rings. The fourth-order valence-corrected chi connectivity index (χ4v) is 3.02. The molecule has 1 saturated heterocycles. The highest BCUT2D eigenvalue weighted by Gasteiger charge is 2.18. The summed E-state index contributed by atoms with van der Waals surface area (Å²) >= 11 is 0. The monoisotopic (exact) mass is 308 g/mol. The van der Waals surface area contributed by atoms with Gasteiger partial charge in [-0.05, 0) is 50.2 Å². The van der Waals surface area contributed by atoms with Gasteiger partial charge in [0.1, 0.15) is 5.52 Å². The highest BCUT2D eigenvalue weighted by Crippen LogP contribution is 2.21. The summed E-state index contributed by atoms with van der Waals surface area (Å²) in [6.07, 6.45) is 5.86. The van der Waals surface area contributed by atoms with Gasteiger partial charge in [-0.25, -0.2) is 9.97 Å². The van der Waals surface area contributed by atoms with Gasteiger partial charge >= 0.3 is 0 Å². The standard InChI is InChI=1S/C17H20N6/c1-2-8-19-14(4-1)12-23-16-15(5-3-9-20-16)22-17(23)21-13-6-10-18-11-7-13/h1-5,8-9,13,18H,6-7,10-12H2,(H,21,22). The van der Waals surface area contributed by atoms with Crippen molar-refractivity contribution in [3.63, 3.8) is 0 Å². The van der Waals surface area contributed by atoms with Crippen molar-refractivity contribution in [3.05, 3.63) is 48.4 Å². The smallest absolute Gasteiger partial charge is 0.205 e. The molecule has 0 aromatic carbocycles. The first kappa shape index (κ1) is 14.1. The topological polar surface area (TPSA) is 67.7 Å². The van der Waals surface area contributed by atoms with Crippen molar-refractivity contribution in [2.45, 2.75) is 25.4 Å². The molecular formula is C17H20N6. The van der Waals surface area contributed by atoms with E-state index in [-0.39, 0.29) is 0 Å². The lowest BCUT2D eigenvalue weighted by atomic mass is 10.1. The molecule has 1 aliphatic heterocycles. The van der Waals surface area contributed by atoms with E-state index in [4.69, 9.17) is 4.98 Å². The van der Waals surface area contributed by atoms with Crippen LogP contribution in [0.4, 0.5) is 5.95 Å². The average molecular weight is 308 g/mol. The van der Waals surface area contributed by atoms with Crippen LogP contribution in [0, 0.1) is 0 Å². The molecule has 0 amide bonds. The maximum atomic E-state index is 4.74. The summed E-state index contributed by atoms with van der Waals surface area (Å²) in [6.45, 7) is 2.77. The maximum Gasteiger partial charge on any atom is 0.205 e. The molecule has 4 heterocycles. The molecule has 0 unspecified atom stereocenters. The number of hydrogen-bond donors (Lipinski definition) is 2.